The number of fused-ring (bicyclic) bond motifs is 1. The molecule has 11 heavy (non-hydrogen) atoms. The van der Waals surface area contributed by atoms with Gasteiger partial charge in [0.25, 0.3) is 0 Å². The third-order valence-corrected chi connectivity index (χ3v) is 1.75. The van der Waals surface area contributed by atoms with Crippen LogP contribution in [0.3, 0.4) is 0 Å². The minimum atomic E-state index is 0.796. The number of hydrogen-bond donors (Lipinski definition) is 0. The largest absolute Gasteiger partial charge is 0.354 e. The standard InChI is InChI=1S/C8H8N2O/c1-5-7-3-4-9-6(2)8(7)11-10-5/h3-4H,1-2H3. The van der Waals surface area contributed by atoms with Crippen molar-refractivity contribution in [2.45, 2.75) is 13.8 Å². The minimum Gasteiger partial charge on any atom is -0.354 e. The van der Waals surface area contributed by atoms with Crippen LogP contribution in [0.2, 0.25) is 0 Å². The molecule has 56 valence electrons. The van der Waals surface area contributed by atoms with Gasteiger partial charge in [0.1, 0.15) is 0 Å². The Kier molecular flexibility index (Phi) is 1.18. The highest BCUT2D eigenvalue weighted by molar-refractivity contribution is 5.80. The Morgan fingerprint density at radius 2 is 2.09 bits per heavy atom. The van der Waals surface area contributed by atoms with Crippen LogP contribution in [-0.4, -0.2) is 10.1 Å². The van der Waals surface area contributed by atoms with Gasteiger partial charge in [-0.2, -0.15) is 0 Å². The molecule has 3 nitrogen and oxygen atoms in total. The van der Waals surface area contributed by atoms with Crippen LogP contribution in [0.25, 0.3) is 11.0 Å². The van der Waals surface area contributed by atoms with E-state index in [0.29, 0.717) is 0 Å². The smallest absolute Gasteiger partial charge is 0.188 e. The Bertz CT molecular complexity index is 392. The van der Waals surface area contributed by atoms with Crippen LogP contribution >= 0.6 is 0 Å². The molecule has 0 atom stereocenters. The van der Waals surface area contributed by atoms with Crippen molar-refractivity contribution in [3.8, 4) is 0 Å². The van der Waals surface area contributed by atoms with Crippen LogP contribution in [0, 0.1) is 13.8 Å². The predicted octanol–water partition coefficient (Wildman–Crippen LogP) is 1.84. The van der Waals surface area contributed by atoms with Crippen molar-refractivity contribution in [3.63, 3.8) is 0 Å². The molecule has 0 fully saturated rings. The first-order valence-electron chi connectivity index (χ1n) is 3.46. The van der Waals surface area contributed by atoms with E-state index < -0.39 is 0 Å². The van der Waals surface area contributed by atoms with E-state index >= 15 is 0 Å². The van der Waals surface area contributed by atoms with Gasteiger partial charge in [0.2, 0.25) is 0 Å². The lowest BCUT2D eigenvalue weighted by Gasteiger charge is -1.89. The molecule has 0 radical (unpaired) electrons. The maximum absolute atomic E-state index is 5.07. The summed E-state index contributed by atoms with van der Waals surface area (Å²) in [5, 5.41) is 4.89. The fourth-order valence-electron chi connectivity index (χ4n) is 1.12. The summed E-state index contributed by atoms with van der Waals surface area (Å²) in [5.74, 6) is 0. The summed E-state index contributed by atoms with van der Waals surface area (Å²) in [5.41, 5.74) is 2.61. The van der Waals surface area contributed by atoms with Gasteiger partial charge in [-0.3, -0.25) is 4.98 Å². The summed E-state index contributed by atoms with van der Waals surface area (Å²) in [6.07, 6.45) is 1.77. The summed E-state index contributed by atoms with van der Waals surface area (Å²) in [4.78, 5) is 4.09. The fraction of sp³-hybridized carbons (Fsp3) is 0.250. The van der Waals surface area contributed by atoms with Crippen molar-refractivity contribution in [3.05, 3.63) is 23.7 Å². The van der Waals surface area contributed by atoms with Crippen LogP contribution in [0.15, 0.2) is 16.8 Å². The lowest BCUT2D eigenvalue weighted by molar-refractivity contribution is 0.448. The first kappa shape index (κ1) is 6.34. The maximum Gasteiger partial charge on any atom is 0.188 e. The number of nitrogens with zero attached hydrogens (tertiary/aromatic N) is 2. The van der Waals surface area contributed by atoms with Gasteiger partial charge in [-0.1, -0.05) is 5.16 Å². The van der Waals surface area contributed by atoms with Gasteiger partial charge in [0, 0.05) is 11.6 Å². The van der Waals surface area contributed by atoms with Crippen LogP contribution in [0.5, 0.6) is 0 Å². The van der Waals surface area contributed by atoms with Crippen LogP contribution < -0.4 is 0 Å². The van der Waals surface area contributed by atoms with Crippen LogP contribution in [-0.2, 0) is 0 Å². The zero-order valence-corrected chi connectivity index (χ0v) is 6.46. The van der Waals surface area contributed by atoms with E-state index in [0.717, 1.165) is 22.4 Å². The second-order valence-corrected chi connectivity index (χ2v) is 2.54. The Morgan fingerprint density at radius 3 is 2.82 bits per heavy atom. The Labute approximate surface area is 64.0 Å². The summed E-state index contributed by atoms with van der Waals surface area (Å²) in [6.45, 7) is 3.83. The van der Waals surface area contributed by atoms with Gasteiger partial charge < -0.3 is 4.52 Å². The summed E-state index contributed by atoms with van der Waals surface area (Å²) >= 11 is 0. The van der Waals surface area contributed by atoms with Crippen LogP contribution in [0.1, 0.15) is 11.4 Å². The molecule has 0 aliphatic rings. The minimum absolute atomic E-state index is 0.796. The van der Waals surface area contributed by atoms with Crippen LogP contribution in [0.4, 0.5) is 0 Å². The van der Waals surface area contributed by atoms with E-state index in [1.54, 1.807) is 6.20 Å². The highest BCUT2D eigenvalue weighted by Gasteiger charge is 2.05. The topological polar surface area (TPSA) is 38.9 Å². The van der Waals surface area contributed by atoms with Crippen molar-refractivity contribution in [2.75, 3.05) is 0 Å². The molecule has 0 spiro atoms. The maximum atomic E-state index is 5.07. The van der Waals surface area contributed by atoms with E-state index in [2.05, 4.69) is 10.1 Å². The van der Waals surface area contributed by atoms with Crippen molar-refractivity contribution in [1.29, 1.82) is 0 Å². The van der Waals surface area contributed by atoms with Crippen molar-refractivity contribution >= 4 is 11.0 Å². The highest BCUT2D eigenvalue weighted by atomic mass is 16.5. The van der Waals surface area contributed by atoms with E-state index in [1.807, 2.05) is 19.9 Å². The van der Waals surface area contributed by atoms with Gasteiger partial charge in [-0.05, 0) is 19.9 Å². The van der Waals surface area contributed by atoms with Gasteiger partial charge >= 0.3 is 0 Å². The molecule has 3 heteroatoms. The Balaban J connectivity index is 2.94. The molecule has 0 saturated heterocycles. The first-order chi connectivity index (χ1) is 5.29. The molecule has 0 saturated carbocycles. The predicted molar refractivity (Wildman–Crippen MR) is 41.3 cm³/mol. The first-order valence-corrected chi connectivity index (χ1v) is 3.46. The van der Waals surface area contributed by atoms with Crippen molar-refractivity contribution in [1.82, 2.24) is 10.1 Å². The summed E-state index contributed by atoms with van der Waals surface area (Å²) < 4.78 is 5.07. The molecule has 0 aliphatic heterocycles. The zero-order valence-electron chi connectivity index (χ0n) is 6.46. The quantitative estimate of drug-likeness (QED) is 0.572. The molecule has 0 aromatic carbocycles. The molecule has 2 aromatic rings. The normalized spacial score (nSPS) is 10.7. The van der Waals surface area contributed by atoms with Crippen molar-refractivity contribution < 1.29 is 4.52 Å². The van der Waals surface area contributed by atoms with E-state index in [4.69, 9.17) is 4.52 Å². The Hall–Kier alpha value is -1.38. The molecule has 0 amide bonds. The van der Waals surface area contributed by atoms with E-state index in [1.165, 1.54) is 0 Å². The number of aromatic nitrogens is 2. The number of pyridine rings is 1. The summed E-state index contributed by atoms with van der Waals surface area (Å²) in [7, 11) is 0. The van der Waals surface area contributed by atoms with Gasteiger partial charge in [-0.15, -0.1) is 0 Å². The van der Waals surface area contributed by atoms with Gasteiger partial charge in [0.05, 0.1) is 11.4 Å². The van der Waals surface area contributed by atoms with Gasteiger partial charge in [-0.25, -0.2) is 0 Å². The molecule has 2 aromatic heterocycles. The molecule has 0 aliphatic carbocycles. The average molecular weight is 148 g/mol. The lowest BCUT2D eigenvalue weighted by atomic mass is 10.2. The molecule has 2 rings (SSSR count). The number of aryl methyl sites for hydroxylation is 2. The van der Waals surface area contributed by atoms with E-state index in [9.17, 15) is 0 Å². The average Bonchev–Trinajstić information content (AvgIpc) is 2.35. The third-order valence-electron chi connectivity index (χ3n) is 1.75. The molecule has 0 N–H and O–H groups in total. The second kappa shape index (κ2) is 2.05. The number of rotatable bonds is 0. The van der Waals surface area contributed by atoms with E-state index in [-0.39, 0.29) is 0 Å². The lowest BCUT2D eigenvalue weighted by Crippen LogP contribution is -1.78. The third kappa shape index (κ3) is 0.808. The molecular formula is C8H8N2O. The zero-order chi connectivity index (χ0) is 7.84. The molecule has 0 unspecified atom stereocenters. The monoisotopic (exact) mass is 148 g/mol. The summed E-state index contributed by atoms with van der Waals surface area (Å²) in [6, 6.07) is 1.91. The second-order valence-electron chi connectivity index (χ2n) is 2.54. The fourth-order valence-corrected chi connectivity index (χ4v) is 1.12. The Morgan fingerprint density at radius 1 is 1.27 bits per heavy atom. The molecular weight excluding hydrogens is 140 g/mol. The van der Waals surface area contributed by atoms with Gasteiger partial charge in [0.15, 0.2) is 5.58 Å². The SMILES string of the molecule is Cc1noc2c(C)nccc12. The molecule has 2 heterocycles. The number of hydrogen-bond acceptors (Lipinski definition) is 3. The van der Waals surface area contributed by atoms with Crippen molar-refractivity contribution in [2.24, 2.45) is 0 Å². The molecule has 0 bridgehead atoms. The highest BCUT2D eigenvalue weighted by Crippen LogP contribution is 2.18.